The normalized spacial score (nSPS) is 14.4. The molecule has 1 heterocycles. The maximum Gasteiger partial charge on any atom is 0.218 e. The van der Waals surface area contributed by atoms with Crippen LogP contribution in [0.4, 0.5) is 0 Å². The zero-order valence-electron chi connectivity index (χ0n) is 12.2. The number of hydrogen-bond donors (Lipinski definition) is 0. The van der Waals surface area contributed by atoms with Gasteiger partial charge in [0.05, 0.1) is 6.20 Å². The van der Waals surface area contributed by atoms with E-state index in [0.29, 0.717) is 5.89 Å². The molecule has 1 atom stereocenters. The van der Waals surface area contributed by atoms with E-state index in [4.69, 9.17) is 4.42 Å². The number of hydrogen-bond acceptors (Lipinski definition) is 2. The van der Waals surface area contributed by atoms with Gasteiger partial charge in [-0.3, -0.25) is 0 Å². The molecule has 0 aliphatic carbocycles. The second-order valence-electron chi connectivity index (χ2n) is 5.39. The van der Waals surface area contributed by atoms with Crippen LogP contribution in [0.3, 0.4) is 0 Å². The minimum atomic E-state index is 0.136. The first kappa shape index (κ1) is 15.0. The van der Waals surface area contributed by atoms with E-state index in [1.54, 1.807) is 6.08 Å². The first-order valence-corrected chi connectivity index (χ1v) is 7.25. The molecule has 2 nitrogen and oxygen atoms in total. The summed E-state index contributed by atoms with van der Waals surface area (Å²) in [7, 11) is 0. The van der Waals surface area contributed by atoms with Crippen LogP contribution >= 0.6 is 0 Å². The highest BCUT2D eigenvalue weighted by molar-refractivity contribution is 5.34. The highest BCUT2D eigenvalue weighted by atomic mass is 16.4. The van der Waals surface area contributed by atoms with E-state index in [-0.39, 0.29) is 5.41 Å². The van der Waals surface area contributed by atoms with Crippen LogP contribution in [-0.2, 0) is 5.41 Å². The lowest BCUT2D eigenvalue weighted by Gasteiger charge is -2.26. The molecule has 0 saturated heterocycles. The van der Waals surface area contributed by atoms with Gasteiger partial charge in [0.1, 0.15) is 5.76 Å². The number of unbranched alkanes of at least 4 members (excludes halogenated alkanes) is 3. The molecular weight excluding hydrogens is 222 g/mol. The average Bonchev–Trinajstić information content (AvgIpc) is 2.84. The van der Waals surface area contributed by atoms with E-state index in [9.17, 15) is 0 Å². The first-order chi connectivity index (χ1) is 8.66. The van der Waals surface area contributed by atoms with Crippen LogP contribution in [0.15, 0.2) is 17.2 Å². The topological polar surface area (TPSA) is 26.0 Å². The molecule has 0 radical (unpaired) electrons. The van der Waals surface area contributed by atoms with Crippen molar-refractivity contribution in [3.63, 3.8) is 0 Å². The lowest BCUT2D eigenvalue weighted by atomic mass is 9.78. The van der Waals surface area contributed by atoms with Gasteiger partial charge in [-0.25, -0.2) is 4.98 Å². The van der Waals surface area contributed by atoms with E-state index < -0.39 is 0 Å². The highest BCUT2D eigenvalue weighted by Gasteiger charge is 2.29. The summed E-state index contributed by atoms with van der Waals surface area (Å²) in [5.74, 6) is 1.66. The van der Waals surface area contributed by atoms with Crippen molar-refractivity contribution in [3.8, 4) is 0 Å². The second-order valence-corrected chi connectivity index (χ2v) is 5.39. The fourth-order valence-corrected chi connectivity index (χ4v) is 2.53. The van der Waals surface area contributed by atoms with Gasteiger partial charge in [-0.2, -0.15) is 0 Å². The Labute approximate surface area is 112 Å². The molecule has 0 fully saturated rings. The summed E-state index contributed by atoms with van der Waals surface area (Å²) in [5.41, 5.74) is 0.136. The summed E-state index contributed by atoms with van der Waals surface area (Å²) >= 11 is 0. The molecule has 102 valence electrons. The fourth-order valence-electron chi connectivity index (χ4n) is 2.53. The van der Waals surface area contributed by atoms with Gasteiger partial charge in [0.2, 0.25) is 5.89 Å². The fraction of sp³-hybridized carbons (Fsp3) is 0.688. The SMILES string of the molecule is C=Cc1ncc(C(C)(CCC)CCCCCC)o1. The quantitative estimate of drug-likeness (QED) is 0.552. The molecule has 0 aliphatic heterocycles. The lowest BCUT2D eigenvalue weighted by molar-refractivity contribution is 0.304. The predicted octanol–water partition coefficient (Wildman–Crippen LogP) is 5.35. The third kappa shape index (κ3) is 4.01. The van der Waals surface area contributed by atoms with Gasteiger partial charge in [0.25, 0.3) is 0 Å². The summed E-state index contributed by atoms with van der Waals surface area (Å²) in [4.78, 5) is 4.24. The third-order valence-electron chi connectivity index (χ3n) is 3.68. The summed E-state index contributed by atoms with van der Waals surface area (Å²) in [6.45, 7) is 10.5. The van der Waals surface area contributed by atoms with Crippen molar-refractivity contribution in [1.29, 1.82) is 0 Å². The number of oxazole rings is 1. The van der Waals surface area contributed by atoms with Gasteiger partial charge in [-0.1, -0.05) is 59.5 Å². The maximum absolute atomic E-state index is 5.78. The summed E-state index contributed by atoms with van der Waals surface area (Å²) in [5, 5.41) is 0. The number of aromatic nitrogens is 1. The first-order valence-electron chi connectivity index (χ1n) is 7.25. The van der Waals surface area contributed by atoms with E-state index in [1.165, 1.54) is 38.5 Å². The molecule has 2 heteroatoms. The van der Waals surface area contributed by atoms with E-state index in [2.05, 4.69) is 32.3 Å². The van der Waals surface area contributed by atoms with E-state index >= 15 is 0 Å². The van der Waals surface area contributed by atoms with Gasteiger partial charge >= 0.3 is 0 Å². The zero-order valence-corrected chi connectivity index (χ0v) is 12.2. The van der Waals surface area contributed by atoms with Crippen LogP contribution < -0.4 is 0 Å². The van der Waals surface area contributed by atoms with Crippen LogP contribution in [0.25, 0.3) is 6.08 Å². The minimum Gasteiger partial charge on any atom is -0.441 e. The molecule has 0 N–H and O–H groups in total. The Balaban J connectivity index is 2.68. The summed E-state index contributed by atoms with van der Waals surface area (Å²) in [6.07, 6.45) is 12.3. The van der Waals surface area contributed by atoms with Crippen molar-refractivity contribution < 1.29 is 4.42 Å². The van der Waals surface area contributed by atoms with Gasteiger partial charge in [-0.15, -0.1) is 0 Å². The monoisotopic (exact) mass is 249 g/mol. The van der Waals surface area contributed by atoms with Crippen molar-refractivity contribution in [2.24, 2.45) is 0 Å². The van der Waals surface area contributed by atoms with E-state index in [1.807, 2.05) is 6.20 Å². The standard InChI is InChI=1S/C16H27NO/c1-5-8-9-10-12-16(4,11-6-2)14-13-17-15(7-3)18-14/h7,13H,3,5-6,8-12H2,1-2,4H3. The van der Waals surface area contributed by atoms with Gasteiger partial charge in [-0.05, 0) is 18.9 Å². The Morgan fingerprint density at radius 3 is 2.56 bits per heavy atom. The largest absolute Gasteiger partial charge is 0.441 e. The summed E-state index contributed by atoms with van der Waals surface area (Å²) in [6, 6.07) is 0. The van der Waals surface area contributed by atoms with Crippen LogP contribution in [-0.4, -0.2) is 4.98 Å². The molecule has 1 aromatic heterocycles. The van der Waals surface area contributed by atoms with Crippen LogP contribution in [0, 0.1) is 0 Å². The molecule has 0 spiro atoms. The van der Waals surface area contributed by atoms with Gasteiger partial charge < -0.3 is 4.42 Å². The van der Waals surface area contributed by atoms with Gasteiger partial charge in [0.15, 0.2) is 0 Å². The van der Waals surface area contributed by atoms with E-state index in [0.717, 1.165) is 12.2 Å². The minimum absolute atomic E-state index is 0.136. The predicted molar refractivity (Wildman–Crippen MR) is 77.6 cm³/mol. The molecule has 1 rings (SSSR count). The Morgan fingerprint density at radius 1 is 1.22 bits per heavy atom. The van der Waals surface area contributed by atoms with Gasteiger partial charge in [0, 0.05) is 5.41 Å². The molecule has 1 unspecified atom stereocenters. The number of rotatable bonds is 9. The third-order valence-corrected chi connectivity index (χ3v) is 3.68. The van der Waals surface area contributed by atoms with Crippen molar-refractivity contribution >= 4 is 6.08 Å². The average molecular weight is 249 g/mol. The van der Waals surface area contributed by atoms with Crippen LogP contribution in [0.5, 0.6) is 0 Å². The van der Waals surface area contributed by atoms with Crippen LogP contribution in [0.1, 0.15) is 77.4 Å². The zero-order chi connectivity index (χ0) is 13.4. The highest BCUT2D eigenvalue weighted by Crippen LogP contribution is 2.35. The molecular formula is C16H27NO. The molecule has 0 aromatic carbocycles. The molecule has 0 amide bonds. The molecule has 0 aliphatic rings. The molecule has 0 saturated carbocycles. The smallest absolute Gasteiger partial charge is 0.218 e. The second kappa shape index (κ2) is 7.40. The van der Waals surface area contributed by atoms with Crippen molar-refractivity contribution in [1.82, 2.24) is 4.98 Å². The Morgan fingerprint density at radius 2 is 2.00 bits per heavy atom. The van der Waals surface area contributed by atoms with Crippen molar-refractivity contribution in [3.05, 3.63) is 24.4 Å². The maximum atomic E-state index is 5.78. The lowest BCUT2D eigenvalue weighted by Crippen LogP contribution is -2.21. The number of nitrogens with zero attached hydrogens (tertiary/aromatic N) is 1. The Hall–Kier alpha value is -1.05. The Bertz CT molecular complexity index is 356. The Kier molecular flexibility index (Phi) is 6.17. The van der Waals surface area contributed by atoms with Crippen LogP contribution in [0.2, 0.25) is 0 Å². The molecule has 1 aromatic rings. The van der Waals surface area contributed by atoms with Crippen molar-refractivity contribution in [2.45, 2.75) is 71.1 Å². The molecule has 18 heavy (non-hydrogen) atoms. The summed E-state index contributed by atoms with van der Waals surface area (Å²) < 4.78 is 5.78. The van der Waals surface area contributed by atoms with Crippen molar-refractivity contribution in [2.75, 3.05) is 0 Å². The molecule has 0 bridgehead atoms.